The van der Waals surface area contributed by atoms with E-state index < -0.39 is 5.97 Å². The molecule has 0 heterocycles. The first-order chi connectivity index (χ1) is 3.66. The van der Waals surface area contributed by atoms with Crippen LogP contribution in [0.3, 0.4) is 0 Å². The fourth-order valence-corrected chi connectivity index (χ4v) is 0.451. The van der Waals surface area contributed by atoms with Crippen LogP contribution in [0.2, 0.25) is 0 Å². The van der Waals surface area contributed by atoms with Gasteiger partial charge in [-0.05, 0) is 6.42 Å². The first-order valence-corrected chi connectivity index (χ1v) is 2.94. The molecule has 1 atom stereocenters. The maximum absolute atomic E-state index is 9.77. The summed E-state index contributed by atoms with van der Waals surface area (Å²) in [5.41, 5.74) is 0. The monoisotopic (exact) mass is 135 g/mol. The summed E-state index contributed by atoms with van der Waals surface area (Å²) in [6.07, 6.45) is 0.633. The van der Waals surface area contributed by atoms with Crippen molar-refractivity contribution in [2.75, 3.05) is 0 Å². The van der Waals surface area contributed by atoms with Crippen molar-refractivity contribution in [3.05, 3.63) is 0 Å². The Balaban J connectivity index is 3.24. The molecule has 0 saturated heterocycles. The fourth-order valence-electron chi connectivity index (χ4n) is 0.325. The molecule has 0 aliphatic rings. The second kappa shape index (κ2) is 3.72. The van der Waals surface area contributed by atoms with E-state index in [0.717, 1.165) is 0 Å². The van der Waals surface area contributed by atoms with Crippen molar-refractivity contribution in [3.63, 3.8) is 0 Å². The molecule has 0 aliphatic heterocycles. The van der Waals surface area contributed by atoms with Gasteiger partial charge in [-0.15, -0.1) is 11.6 Å². The van der Waals surface area contributed by atoms with Gasteiger partial charge in [0.15, 0.2) is 0 Å². The summed E-state index contributed by atoms with van der Waals surface area (Å²) in [5.74, 6) is -1.08. The van der Waals surface area contributed by atoms with Crippen molar-refractivity contribution in [3.8, 4) is 0 Å². The Morgan fingerprint density at radius 1 is 1.88 bits per heavy atom. The lowest BCUT2D eigenvalue weighted by molar-refractivity contribution is -0.305. The van der Waals surface area contributed by atoms with Gasteiger partial charge in [-0.1, -0.05) is 6.92 Å². The zero-order valence-electron chi connectivity index (χ0n) is 4.69. The molecule has 0 rings (SSSR count). The predicted octanol–water partition coefficient (Wildman–Crippen LogP) is 0.144. The molecule has 0 radical (unpaired) electrons. The van der Waals surface area contributed by atoms with Crippen LogP contribution in [-0.2, 0) is 4.79 Å². The van der Waals surface area contributed by atoms with E-state index in [9.17, 15) is 9.90 Å². The van der Waals surface area contributed by atoms with Crippen LogP contribution in [0.4, 0.5) is 0 Å². The number of carboxylic acids is 1. The Kier molecular flexibility index (Phi) is 3.61. The van der Waals surface area contributed by atoms with E-state index in [-0.39, 0.29) is 11.8 Å². The van der Waals surface area contributed by atoms with Gasteiger partial charge < -0.3 is 9.90 Å². The lowest BCUT2D eigenvalue weighted by atomic mass is 10.2. The summed E-state index contributed by atoms with van der Waals surface area (Å²) >= 11 is 5.44. The van der Waals surface area contributed by atoms with E-state index >= 15 is 0 Å². The van der Waals surface area contributed by atoms with Crippen molar-refractivity contribution in [2.45, 2.75) is 25.1 Å². The van der Waals surface area contributed by atoms with Crippen molar-refractivity contribution in [2.24, 2.45) is 0 Å². The molecule has 0 amide bonds. The minimum absolute atomic E-state index is 0.0436. The number of carbonyl (C=O) groups excluding carboxylic acids is 1. The lowest BCUT2D eigenvalue weighted by Crippen LogP contribution is -2.25. The first-order valence-electron chi connectivity index (χ1n) is 2.50. The topological polar surface area (TPSA) is 40.1 Å². The van der Waals surface area contributed by atoms with Crippen LogP contribution in [0.15, 0.2) is 0 Å². The van der Waals surface area contributed by atoms with Crippen LogP contribution in [0.5, 0.6) is 0 Å². The van der Waals surface area contributed by atoms with Crippen molar-refractivity contribution >= 4 is 17.6 Å². The minimum atomic E-state index is -1.08. The average Bonchev–Trinajstić information content (AvgIpc) is 1.65. The summed E-state index contributed by atoms with van der Waals surface area (Å²) in [5, 5.41) is 9.51. The summed E-state index contributed by atoms with van der Waals surface area (Å²) in [7, 11) is 0. The highest BCUT2D eigenvalue weighted by Crippen LogP contribution is 2.03. The van der Waals surface area contributed by atoms with Crippen LogP contribution < -0.4 is 5.11 Å². The van der Waals surface area contributed by atoms with Crippen LogP contribution in [0.25, 0.3) is 0 Å². The first kappa shape index (κ1) is 7.76. The lowest BCUT2D eigenvalue weighted by Gasteiger charge is -2.04. The zero-order chi connectivity index (χ0) is 6.57. The van der Waals surface area contributed by atoms with Gasteiger partial charge in [0, 0.05) is 17.8 Å². The van der Waals surface area contributed by atoms with E-state index in [1.807, 2.05) is 6.92 Å². The molecule has 0 aliphatic carbocycles. The Labute approximate surface area is 53.5 Å². The number of carboxylic acid groups (broad SMARTS) is 1. The van der Waals surface area contributed by atoms with E-state index in [4.69, 9.17) is 11.6 Å². The second-order valence-electron chi connectivity index (χ2n) is 1.58. The smallest absolute Gasteiger partial charge is 0.0429 e. The van der Waals surface area contributed by atoms with E-state index in [1.165, 1.54) is 0 Å². The molecular weight excluding hydrogens is 128 g/mol. The van der Waals surface area contributed by atoms with E-state index in [2.05, 4.69) is 0 Å². The predicted molar refractivity (Wildman–Crippen MR) is 29.6 cm³/mol. The normalized spacial score (nSPS) is 13.2. The SMILES string of the molecule is CCC(Cl)CC(=O)[O-]. The zero-order valence-corrected chi connectivity index (χ0v) is 5.44. The standard InChI is InChI=1S/C5H9ClO2/c1-2-4(6)3-5(7)8/h4H,2-3H2,1H3,(H,7,8)/p-1. The molecule has 1 unspecified atom stereocenters. The van der Waals surface area contributed by atoms with Gasteiger partial charge in [0.25, 0.3) is 0 Å². The molecule has 8 heavy (non-hydrogen) atoms. The van der Waals surface area contributed by atoms with Crippen molar-refractivity contribution in [1.29, 1.82) is 0 Å². The molecule has 0 saturated carbocycles. The van der Waals surface area contributed by atoms with Gasteiger partial charge in [0.2, 0.25) is 0 Å². The Hall–Kier alpha value is -0.240. The van der Waals surface area contributed by atoms with Crippen LogP contribution >= 0.6 is 11.6 Å². The number of rotatable bonds is 3. The van der Waals surface area contributed by atoms with E-state index in [1.54, 1.807) is 0 Å². The van der Waals surface area contributed by atoms with Crippen molar-refractivity contribution < 1.29 is 9.90 Å². The van der Waals surface area contributed by atoms with Crippen LogP contribution in [0, 0.1) is 0 Å². The number of halogens is 1. The molecule has 0 N–H and O–H groups in total. The number of aliphatic carboxylic acids is 1. The molecule has 48 valence electrons. The Morgan fingerprint density at radius 3 is 2.50 bits per heavy atom. The highest BCUT2D eigenvalue weighted by atomic mass is 35.5. The summed E-state index contributed by atoms with van der Waals surface area (Å²) in [6.45, 7) is 1.83. The third kappa shape index (κ3) is 3.93. The van der Waals surface area contributed by atoms with Gasteiger partial charge >= 0.3 is 0 Å². The number of carbonyl (C=O) groups is 1. The van der Waals surface area contributed by atoms with Gasteiger partial charge in [0.1, 0.15) is 0 Å². The van der Waals surface area contributed by atoms with Crippen molar-refractivity contribution in [1.82, 2.24) is 0 Å². The summed E-state index contributed by atoms with van der Waals surface area (Å²) < 4.78 is 0. The molecule has 2 nitrogen and oxygen atoms in total. The maximum atomic E-state index is 9.77. The van der Waals surface area contributed by atoms with E-state index in [0.29, 0.717) is 6.42 Å². The second-order valence-corrected chi connectivity index (χ2v) is 2.20. The Morgan fingerprint density at radius 2 is 2.38 bits per heavy atom. The highest BCUT2D eigenvalue weighted by Gasteiger charge is 1.98. The molecule has 0 bridgehead atoms. The minimum Gasteiger partial charge on any atom is -0.550 e. The largest absolute Gasteiger partial charge is 0.550 e. The van der Waals surface area contributed by atoms with Crippen LogP contribution in [-0.4, -0.2) is 11.3 Å². The molecule has 0 spiro atoms. The summed E-state index contributed by atoms with van der Waals surface area (Å²) in [4.78, 5) is 9.77. The third-order valence-electron chi connectivity index (χ3n) is 0.831. The molecule has 0 aromatic heterocycles. The highest BCUT2D eigenvalue weighted by molar-refractivity contribution is 6.21. The fraction of sp³-hybridized carbons (Fsp3) is 0.800. The Bertz CT molecular complexity index is 82.5. The maximum Gasteiger partial charge on any atom is 0.0429 e. The molecule has 0 fully saturated rings. The van der Waals surface area contributed by atoms with Crippen LogP contribution in [0.1, 0.15) is 19.8 Å². The molecule has 3 heteroatoms. The molecule has 0 aromatic carbocycles. The molecular formula is C5H8ClO2-. The third-order valence-corrected chi connectivity index (χ3v) is 1.29. The number of hydrogen-bond acceptors (Lipinski definition) is 2. The number of hydrogen-bond donors (Lipinski definition) is 0. The van der Waals surface area contributed by atoms with Gasteiger partial charge in [-0.3, -0.25) is 0 Å². The summed E-state index contributed by atoms with van der Waals surface area (Å²) in [6, 6.07) is 0. The average molecular weight is 136 g/mol. The van der Waals surface area contributed by atoms with Gasteiger partial charge in [0.05, 0.1) is 0 Å². The number of alkyl halides is 1. The van der Waals surface area contributed by atoms with Gasteiger partial charge in [-0.25, -0.2) is 0 Å². The molecule has 0 aromatic rings. The quantitative estimate of drug-likeness (QED) is 0.517. The van der Waals surface area contributed by atoms with Gasteiger partial charge in [-0.2, -0.15) is 0 Å².